The van der Waals surface area contributed by atoms with E-state index in [0.29, 0.717) is 11.6 Å². The largest absolute Gasteiger partial charge is 0.368 e. The molecular formula is C18H16ClN3O3. The number of epoxide rings is 1. The molecule has 0 N–H and O–H groups in total. The van der Waals surface area contributed by atoms with Gasteiger partial charge in [-0.25, -0.2) is 0 Å². The second-order valence-corrected chi connectivity index (χ2v) is 6.93. The normalized spacial score (nSPS) is 25.0. The summed E-state index contributed by atoms with van der Waals surface area (Å²) in [6, 6.07) is 14.1. The summed E-state index contributed by atoms with van der Waals surface area (Å²) in [4.78, 5) is 10.4. The highest BCUT2D eigenvalue weighted by molar-refractivity contribution is 6.30. The number of nitro groups is 1. The lowest BCUT2D eigenvalue weighted by Gasteiger charge is -2.26. The number of hydrogen-bond acceptors (Lipinski definition) is 5. The van der Waals surface area contributed by atoms with Gasteiger partial charge in [0.05, 0.1) is 29.0 Å². The average Bonchev–Trinajstić information content (AvgIpc) is 3.20. The van der Waals surface area contributed by atoms with Crippen molar-refractivity contribution in [3.63, 3.8) is 0 Å². The van der Waals surface area contributed by atoms with Crippen LogP contribution in [0.5, 0.6) is 0 Å². The van der Waals surface area contributed by atoms with E-state index in [9.17, 15) is 10.1 Å². The molecule has 4 rings (SSSR count). The Morgan fingerprint density at radius 1 is 1.24 bits per heavy atom. The Bertz CT molecular complexity index is 845. The predicted octanol–water partition coefficient (Wildman–Crippen LogP) is 4.02. The van der Waals surface area contributed by atoms with Gasteiger partial charge in [0, 0.05) is 23.6 Å². The van der Waals surface area contributed by atoms with Gasteiger partial charge in [-0.15, -0.1) is 0 Å². The standard InChI is InChI=1S/C18H16ClN3O3/c1-18(11-25-18)17-10-16(12-2-6-15(7-3-12)22(23)24)20-21(17)14-8-4-13(19)5-9-14/h2-9,17H,10-11H2,1H3/t17-,18+/m1/s1. The number of ether oxygens (including phenoxy) is 1. The van der Waals surface area contributed by atoms with Crippen LogP contribution in [0.15, 0.2) is 53.6 Å². The topological polar surface area (TPSA) is 71.3 Å². The first kappa shape index (κ1) is 16.1. The fraction of sp³-hybridized carbons (Fsp3) is 0.278. The van der Waals surface area contributed by atoms with Crippen molar-refractivity contribution in [3.05, 3.63) is 69.2 Å². The zero-order valence-electron chi connectivity index (χ0n) is 13.6. The van der Waals surface area contributed by atoms with Crippen LogP contribution in [0.3, 0.4) is 0 Å². The third-order valence-corrected chi connectivity index (χ3v) is 4.97. The second kappa shape index (κ2) is 5.82. The van der Waals surface area contributed by atoms with Gasteiger partial charge in [-0.2, -0.15) is 5.10 Å². The molecule has 2 atom stereocenters. The van der Waals surface area contributed by atoms with E-state index in [1.165, 1.54) is 12.1 Å². The minimum absolute atomic E-state index is 0.0749. The van der Waals surface area contributed by atoms with E-state index >= 15 is 0 Å². The number of hydrogen-bond donors (Lipinski definition) is 0. The van der Waals surface area contributed by atoms with Gasteiger partial charge in [-0.3, -0.25) is 15.1 Å². The zero-order chi connectivity index (χ0) is 17.6. The van der Waals surface area contributed by atoms with Crippen LogP contribution in [-0.4, -0.2) is 28.9 Å². The van der Waals surface area contributed by atoms with Gasteiger partial charge < -0.3 is 4.74 Å². The Hall–Kier alpha value is -2.44. The number of benzene rings is 2. The highest BCUT2D eigenvalue weighted by Gasteiger charge is 2.52. The van der Waals surface area contributed by atoms with Crippen LogP contribution in [0.4, 0.5) is 11.4 Å². The van der Waals surface area contributed by atoms with Crippen molar-refractivity contribution in [3.8, 4) is 0 Å². The van der Waals surface area contributed by atoms with E-state index in [4.69, 9.17) is 21.4 Å². The number of nitro benzene ring substituents is 1. The Morgan fingerprint density at radius 2 is 1.88 bits per heavy atom. The Kier molecular flexibility index (Phi) is 3.74. The summed E-state index contributed by atoms with van der Waals surface area (Å²) < 4.78 is 5.66. The predicted molar refractivity (Wildman–Crippen MR) is 96.3 cm³/mol. The molecule has 2 aliphatic rings. The maximum atomic E-state index is 10.8. The summed E-state index contributed by atoms with van der Waals surface area (Å²) in [6.45, 7) is 2.78. The SMILES string of the molecule is C[C@@]1([C@H]2CC(c3ccc([N+](=O)[O-])cc3)=NN2c2ccc(Cl)cc2)CO1. The van der Waals surface area contributed by atoms with Crippen LogP contribution in [0.2, 0.25) is 5.02 Å². The molecule has 1 fully saturated rings. The summed E-state index contributed by atoms with van der Waals surface area (Å²) in [6.07, 6.45) is 0.719. The summed E-state index contributed by atoms with van der Waals surface area (Å²) in [5.74, 6) is 0. The molecule has 2 aliphatic heterocycles. The monoisotopic (exact) mass is 357 g/mol. The van der Waals surface area contributed by atoms with Crippen molar-refractivity contribution in [2.24, 2.45) is 5.10 Å². The molecule has 0 aromatic heterocycles. The zero-order valence-corrected chi connectivity index (χ0v) is 14.3. The maximum Gasteiger partial charge on any atom is 0.269 e. The fourth-order valence-electron chi connectivity index (χ4n) is 3.07. The number of hydrazone groups is 1. The van der Waals surface area contributed by atoms with Crippen LogP contribution >= 0.6 is 11.6 Å². The third-order valence-electron chi connectivity index (χ3n) is 4.72. The molecular weight excluding hydrogens is 342 g/mol. The number of halogens is 1. The van der Waals surface area contributed by atoms with E-state index in [1.54, 1.807) is 12.1 Å². The molecule has 1 saturated heterocycles. The second-order valence-electron chi connectivity index (χ2n) is 6.49. The molecule has 0 bridgehead atoms. The van der Waals surface area contributed by atoms with Crippen LogP contribution < -0.4 is 5.01 Å². The molecule has 0 saturated carbocycles. The van der Waals surface area contributed by atoms with E-state index in [0.717, 1.165) is 23.4 Å². The molecule has 0 radical (unpaired) electrons. The molecule has 0 unspecified atom stereocenters. The van der Waals surface area contributed by atoms with Crippen molar-refractivity contribution in [1.29, 1.82) is 0 Å². The first-order chi connectivity index (χ1) is 12.0. The van der Waals surface area contributed by atoms with E-state index in [-0.39, 0.29) is 17.3 Å². The average molecular weight is 358 g/mol. The first-order valence-electron chi connectivity index (χ1n) is 7.97. The minimum Gasteiger partial charge on any atom is -0.368 e. The van der Waals surface area contributed by atoms with Crippen LogP contribution in [0.25, 0.3) is 0 Å². The van der Waals surface area contributed by atoms with Gasteiger partial charge in [-0.1, -0.05) is 11.6 Å². The third kappa shape index (κ3) is 2.99. The molecule has 2 heterocycles. The van der Waals surface area contributed by atoms with E-state index in [1.807, 2.05) is 29.3 Å². The number of anilines is 1. The van der Waals surface area contributed by atoms with Crippen LogP contribution in [0, 0.1) is 10.1 Å². The fourth-order valence-corrected chi connectivity index (χ4v) is 3.20. The van der Waals surface area contributed by atoms with Gasteiger partial charge >= 0.3 is 0 Å². The number of rotatable bonds is 4. The summed E-state index contributed by atoms with van der Waals surface area (Å²) in [5, 5.41) is 18.3. The molecule has 0 spiro atoms. The Balaban J connectivity index is 1.67. The molecule has 6 nitrogen and oxygen atoms in total. The van der Waals surface area contributed by atoms with Crippen molar-refractivity contribution < 1.29 is 9.66 Å². The lowest BCUT2D eigenvalue weighted by atomic mass is 9.95. The van der Waals surface area contributed by atoms with Gasteiger partial charge in [-0.05, 0) is 48.9 Å². The molecule has 25 heavy (non-hydrogen) atoms. The van der Waals surface area contributed by atoms with Gasteiger partial charge in [0.2, 0.25) is 0 Å². The quantitative estimate of drug-likeness (QED) is 0.470. The molecule has 0 amide bonds. The lowest BCUT2D eigenvalue weighted by Crippen LogP contribution is -2.38. The number of non-ortho nitro benzene ring substituents is 1. The van der Waals surface area contributed by atoms with E-state index < -0.39 is 4.92 Å². The van der Waals surface area contributed by atoms with Crippen molar-refractivity contribution in [2.45, 2.75) is 25.0 Å². The molecule has 2 aromatic rings. The van der Waals surface area contributed by atoms with Crippen molar-refractivity contribution >= 4 is 28.7 Å². The van der Waals surface area contributed by atoms with E-state index in [2.05, 4.69) is 6.92 Å². The highest BCUT2D eigenvalue weighted by atomic mass is 35.5. The summed E-state index contributed by atoms with van der Waals surface area (Å²) in [7, 11) is 0. The van der Waals surface area contributed by atoms with Crippen LogP contribution in [-0.2, 0) is 4.74 Å². The maximum absolute atomic E-state index is 10.8. The molecule has 2 aromatic carbocycles. The summed E-state index contributed by atoms with van der Waals surface area (Å²) >= 11 is 5.99. The highest BCUT2D eigenvalue weighted by Crippen LogP contribution is 2.41. The smallest absolute Gasteiger partial charge is 0.269 e. The van der Waals surface area contributed by atoms with Crippen molar-refractivity contribution in [1.82, 2.24) is 0 Å². The first-order valence-corrected chi connectivity index (χ1v) is 8.35. The van der Waals surface area contributed by atoms with Gasteiger partial charge in [0.25, 0.3) is 5.69 Å². The van der Waals surface area contributed by atoms with Gasteiger partial charge in [0.15, 0.2) is 0 Å². The molecule has 128 valence electrons. The number of nitrogens with zero attached hydrogens (tertiary/aromatic N) is 3. The molecule has 0 aliphatic carbocycles. The minimum atomic E-state index is -0.401. The molecule has 7 heteroatoms. The Morgan fingerprint density at radius 3 is 2.44 bits per heavy atom. The Labute approximate surface area is 149 Å². The van der Waals surface area contributed by atoms with Crippen LogP contribution in [0.1, 0.15) is 18.9 Å². The lowest BCUT2D eigenvalue weighted by molar-refractivity contribution is -0.384. The van der Waals surface area contributed by atoms with Crippen molar-refractivity contribution in [2.75, 3.05) is 11.6 Å². The van der Waals surface area contributed by atoms with Gasteiger partial charge in [0.1, 0.15) is 5.60 Å². The summed E-state index contributed by atoms with van der Waals surface area (Å²) in [5.41, 5.74) is 2.57.